The summed E-state index contributed by atoms with van der Waals surface area (Å²) in [4.78, 5) is 36.8. The van der Waals surface area contributed by atoms with E-state index in [9.17, 15) is 9.59 Å². The highest BCUT2D eigenvalue weighted by atomic mass is 16.2. The Kier molecular flexibility index (Phi) is 5.14. The van der Waals surface area contributed by atoms with E-state index in [0.29, 0.717) is 23.9 Å². The van der Waals surface area contributed by atoms with Crippen LogP contribution in [-0.2, 0) is 9.59 Å². The maximum absolute atomic E-state index is 13.7. The number of hydrogen-bond acceptors (Lipinski definition) is 4. The van der Waals surface area contributed by atoms with Gasteiger partial charge in [-0.3, -0.25) is 19.4 Å². The van der Waals surface area contributed by atoms with Crippen LogP contribution < -0.4 is 0 Å². The second-order valence-corrected chi connectivity index (χ2v) is 12.2. The first-order valence-corrected chi connectivity index (χ1v) is 13.4. The number of likely N-dealkylation sites (tertiary alicyclic amines) is 2. The third-order valence-electron chi connectivity index (χ3n) is 10.4. The normalized spacial score (nSPS) is 40.1. The first-order chi connectivity index (χ1) is 15.4. The van der Waals surface area contributed by atoms with Gasteiger partial charge in [-0.1, -0.05) is 0 Å². The van der Waals surface area contributed by atoms with Crippen molar-refractivity contribution in [1.29, 1.82) is 0 Å². The summed E-state index contributed by atoms with van der Waals surface area (Å²) in [6, 6.07) is 2.36. The van der Waals surface area contributed by atoms with Gasteiger partial charge in [0.1, 0.15) is 0 Å². The van der Waals surface area contributed by atoms with Gasteiger partial charge < -0.3 is 9.80 Å². The molecule has 2 aliphatic heterocycles. The Morgan fingerprint density at radius 1 is 0.625 bits per heavy atom. The van der Waals surface area contributed by atoms with Crippen molar-refractivity contribution < 1.29 is 9.59 Å². The minimum absolute atomic E-state index is 0.196. The summed E-state index contributed by atoms with van der Waals surface area (Å²) < 4.78 is 0. The molecule has 5 saturated carbocycles. The van der Waals surface area contributed by atoms with Gasteiger partial charge in [0.25, 0.3) is 0 Å². The van der Waals surface area contributed by atoms with Crippen LogP contribution in [0.25, 0.3) is 0 Å². The van der Waals surface area contributed by atoms with E-state index in [2.05, 4.69) is 33.7 Å². The Hall–Kier alpha value is -1.14. The third-order valence-corrected chi connectivity index (χ3v) is 10.4. The molecule has 2 heterocycles. The zero-order valence-corrected chi connectivity index (χ0v) is 20.2. The molecule has 0 aromatic carbocycles. The van der Waals surface area contributed by atoms with Gasteiger partial charge in [0.15, 0.2) is 0 Å². The summed E-state index contributed by atoms with van der Waals surface area (Å²) in [5, 5.41) is 0. The number of carbonyl (C=O) groups excluding carboxylic acids is 2. The lowest BCUT2D eigenvalue weighted by Gasteiger charge is -2.53. The van der Waals surface area contributed by atoms with Crippen LogP contribution in [0, 0.1) is 10.8 Å². The summed E-state index contributed by atoms with van der Waals surface area (Å²) in [5.74, 6) is 0.759. The zero-order valence-electron chi connectivity index (χ0n) is 20.2. The van der Waals surface area contributed by atoms with Crippen LogP contribution in [0.2, 0.25) is 0 Å². The number of rotatable bonds is 6. The van der Waals surface area contributed by atoms with Crippen LogP contribution in [0.3, 0.4) is 0 Å². The fourth-order valence-corrected chi connectivity index (χ4v) is 7.62. The van der Waals surface area contributed by atoms with Gasteiger partial charge >= 0.3 is 0 Å². The van der Waals surface area contributed by atoms with Gasteiger partial charge in [-0.15, -0.1) is 0 Å². The van der Waals surface area contributed by atoms with Crippen molar-refractivity contribution in [3.63, 3.8) is 0 Å². The highest BCUT2D eigenvalue weighted by Crippen LogP contribution is 2.58. The lowest BCUT2D eigenvalue weighted by atomic mass is 9.52. The Morgan fingerprint density at radius 3 is 1.28 bits per heavy atom. The lowest BCUT2D eigenvalue weighted by Crippen LogP contribution is -2.57. The van der Waals surface area contributed by atoms with Crippen LogP contribution >= 0.6 is 0 Å². The zero-order chi connectivity index (χ0) is 22.1. The first-order valence-electron chi connectivity index (χ1n) is 13.4. The molecule has 5 aliphatic carbocycles. The fraction of sp³-hybridized carbons (Fsp3) is 0.923. The standard InChI is InChI=1S/C26H42N4O2/c1-27(21-7-15-29(17-21)19-3-4-19)23(31)25-9-12-26(13-10-25,14-11-25)24(32)28(2)22-8-16-30(18-22)20-5-6-20/h19-22H,3-18H2,1-2H3. The van der Waals surface area contributed by atoms with Crippen molar-refractivity contribution in [2.24, 2.45) is 10.8 Å². The molecule has 7 rings (SSSR count). The van der Waals surface area contributed by atoms with Crippen LogP contribution in [-0.4, -0.2) is 95.9 Å². The van der Waals surface area contributed by atoms with E-state index in [1.54, 1.807) is 0 Å². The average Bonchev–Trinajstić information content (AvgIpc) is 3.77. The topological polar surface area (TPSA) is 47.1 Å². The van der Waals surface area contributed by atoms with Crippen LogP contribution in [0.1, 0.15) is 77.0 Å². The van der Waals surface area contributed by atoms with Crippen LogP contribution in [0.15, 0.2) is 0 Å². The number of amides is 2. The second-order valence-electron chi connectivity index (χ2n) is 12.2. The maximum Gasteiger partial charge on any atom is 0.228 e. The number of fused-ring (bicyclic) bond motifs is 3. The van der Waals surface area contributed by atoms with Gasteiger partial charge in [-0.2, -0.15) is 0 Å². The molecule has 6 heteroatoms. The molecule has 0 aromatic rings. The molecular weight excluding hydrogens is 400 g/mol. The molecule has 178 valence electrons. The summed E-state index contributed by atoms with van der Waals surface area (Å²) >= 11 is 0. The van der Waals surface area contributed by atoms with Crippen molar-refractivity contribution in [2.75, 3.05) is 40.3 Å². The summed E-state index contributed by atoms with van der Waals surface area (Å²) in [6.07, 6.45) is 13.1. The average molecular weight is 443 g/mol. The van der Waals surface area contributed by atoms with Crippen molar-refractivity contribution in [1.82, 2.24) is 19.6 Å². The van der Waals surface area contributed by atoms with Crippen LogP contribution in [0.4, 0.5) is 0 Å². The Labute approximate surface area is 193 Å². The quantitative estimate of drug-likeness (QED) is 0.635. The molecule has 6 nitrogen and oxygen atoms in total. The monoisotopic (exact) mass is 442 g/mol. The van der Waals surface area contributed by atoms with Gasteiger partial charge in [0.05, 0.1) is 0 Å². The predicted octanol–water partition coefficient (Wildman–Crippen LogP) is 2.72. The molecule has 0 radical (unpaired) electrons. The number of carbonyl (C=O) groups is 2. The number of likely N-dealkylation sites (N-methyl/N-ethyl adjacent to an activating group) is 2. The first kappa shape index (κ1) is 21.4. The largest absolute Gasteiger partial charge is 0.341 e. The van der Waals surface area contributed by atoms with Crippen molar-refractivity contribution in [3.05, 3.63) is 0 Å². The molecule has 0 aromatic heterocycles. The van der Waals surface area contributed by atoms with E-state index in [4.69, 9.17) is 0 Å². The van der Waals surface area contributed by atoms with E-state index < -0.39 is 0 Å². The SMILES string of the molecule is CN(C(=O)C12CCC(C(=O)N(C)C3CCN(C4CC4)C3)(CC1)CC2)C1CCN(C2CC2)C1. The van der Waals surface area contributed by atoms with Crippen LogP contribution in [0.5, 0.6) is 0 Å². The summed E-state index contributed by atoms with van der Waals surface area (Å²) in [5.41, 5.74) is -0.392. The van der Waals surface area contributed by atoms with E-state index in [-0.39, 0.29) is 10.8 Å². The molecule has 7 aliphatic rings. The van der Waals surface area contributed by atoms with Crippen molar-refractivity contribution >= 4 is 11.8 Å². The molecule has 2 unspecified atom stereocenters. The molecule has 0 N–H and O–H groups in total. The van der Waals surface area contributed by atoms with E-state index in [1.807, 2.05) is 0 Å². The second kappa shape index (κ2) is 7.69. The van der Waals surface area contributed by atoms with E-state index in [1.165, 1.54) is 25.7 Å². The van der Waals surface area contributed by atoms with Gasteiger partial charge in [-0.25, -0.2) is 0 Å². The van der Waals surface area contributed by atoms with E-state index in [0.717, 1.165) is 89.6 Å². The molecule has 32 heavy (non-hydrogen) atoms. The number of hydrogen-bond donors (Lipinski definition) is 0. The summed E-state index contributed by atoms with van der Waals surface area (Å²) in [7, 11) is 4.11. The molecule has 2 bridgehead atoms. The highest BCUT2D eigenvalue weighted by Gasteiger charge is 2.57. The lowest BCUT2D eigenvalue weighted by molar-refractivity contribution is -0.163. The Bertz CT molecular complexity index is 687. The molecular formula is C26H42N4O2. The van der Waals surface area contributed by atoms with Crippen molar-refractivity contribution in [3.8, 4) is 0 Å². The minimum atomic E-state index is -0.196. The van der Waals surface area contributed by atoms with Gasteiger partial charge in [0.2, 0.25) is 11.8 Å². The Balaban J connectivity index is 1.07. The molecule has 2 saturated heterocycles. The third kappa shape index (κ3) is 3.51. The molecule has 7 fully saturated rings. The highest BCUT2D eigenvalue weighted by molar-refractivity contribution is 5.87. The van der Waals surface area contributed by atoms with E-state index >= 15 is 0 Å². The Morgan fingerprint density at radius 2 is 0.969 bits per heavy atom. The fourth-order valence-electron chi connectivity index (χ4n) is 7.62. The molecule has 2 amide bonds. The summed E-state index contributed by atoms with van der Waals surface area (Å²) in [6.45, 7) is 4.44. The number of nitrogens with zero attached hydrogens (tertiary/aromatic N) is 4. The molecule has 2 atom stereocenters. The smallest absolute Gasteiger partial charge is 0.228 e. The maximum atomic E-state index is 13.7. The van der Waals surface area contributed by atoms with Gasteiger partial charge in [0, 0.05) is 75.3 Å². The molecule has 0 spiro atoms. The predicted molar refractivity (Wildman–Crippen MR) is 124 cm³/mol. The minimum Gasteiger partial charge on any atom is -0.341 e. The van der Waals surface area contributed by atoms with Gasteiger partial charge in [-0.05, 0) is 77.0 Å². The van der Waals surface area contributed by atoms with Crippen molar-refractivity contribution in [2.45, 2.75) is 101 Å².